The predicted molar refractivity (Wildman–Crippen MR) is 93.0 cm³/mol. The van der Waals surface area contributed by atoms with Gasteiger partial charge in [-0.2, -0.15) is 0 Å². The van der Waals surface area contributed by atoms with E-state index in [-0.39, 0.29) is 24.8 Å². The van der Waals surface area contributed by atoms with Gasteiger partial charge >= 0.3 is 0 Å². The number of hydrogen-bond acceptors (Lipinski definition) is 3. The summed E-state index contributed by atoms with van der Waals surface area (Å²) in [7, 11) is 0. The first-order valence-corrected chi connectivity index (χ1v) is 7.27. The van der Waals surface area contributed by atoms with Crippen LogP contribution in [0.5, 0.6) is 0 Å². The minimum atomic E-state index is 0. The number of allylic oxidation sites excluding steroid dienone is 1. The lowest BCUT2D eigenvalue weighted by atomic mass is 10.0. The monoisotopic (exact) mass is 381 g/mol. The third-order valence-electron chi connectivity index (χ3n) is 3.37. The Morgan fingerprint density at radius 2 is 2.05 bits per heavy atom. The number of hydrogen-bond donors (Lipinski definition) is 1. The molecule has 0 aliphatic carbocycles. The summed E-state index contributed by atoms with van der Waals surface area (Å²) in [5.41, 5.74) is 1.31. The van der Waals surface area contributed by atoms with E-state index in [0.29, 0.717) is 6.04 Å². The SMILES string of the molecule is C=CCC[C@H](c1ccc(Br)nc1)N1CCNCC1.Cl.Cl. The van der Waals surface area contributed by atoms with Crippen LogP contribution in [0.1, 0.15) is 24.4 Å². The van der Waals surface area contributed by atoms with Crippen molar-refractivity contribution in [2.24, 2.45) is 0 Å². The van der Waals surface area contributed by atoms with E-state index in [1.807, 2.05) is 18.3 Å². The smallest absolute Gasteiger partial charge is 0.106 e. The average Bonchev–Trinajstić information content (AvgIpc) is 2.42. The van der Waals surface area contributed by atoms with Crippen LogP contribution in [0.15, 0.2) is 35.6 Å². The normalized spacial score (nSPS) is 16.6. The molecular formula is C14H22BrCl2N3. The molecule has 20 heavy (non-hydrogen) atoms. The highest BCUT2D eigenvalue weighted by Crippen LogP contribution is 2.26. The van der Waals surface area contributed by atoms with Crippen molar-refractivity contribution in [3.05, 3.63) is 41.2 Å². The predicted octanol–water partition coefficient (Wildman–Crippen LogP) is 3.60. The molecule has 1 aliphatic heterocycles. The van der Waals surface area contributed by atoms with E-state index in [2.05, 4.69) is 43.8 Å². The van der Waals surface area contributed by atoms with Crippen LogP contribution in [0.3, 0.4) is 0 Å². The van der Waals surface area contributed by atoms with Crippen molar-refractivity contribution in [1.29, 1.82) is 0 Å². The van der Waals surface area contributed by atoms with Crippen molar-refractivity contribution in [3.8, 4) is 0 Å². The van der Waals surface area contributed by atoms with Gasteiger partial charge in [0.05, 0.1) is 0 Å². The number of nitrogens with one attached hydrogen (secondary N) is 1. The van der Waals surface area contributed by atoms with E-state index in [0.717, 1.165) is 43.6 Å². The molecule has 0 bridgehead atoms. The third kappa shape index (κ3) is 5.70. The molecule has 1 fully saturated rings. The molecule has 0 unspecified atom stereocenters. The molecule has 3 nitrogen and oxygen atoms in total. The van der Waals surface area contributed by atoms with E-state index in [4.69, 9.17) is 0 Å². The molecule has 0 amide bonds. The highest BCUT2D eigenvalue weighted by Gasteiger charge is 2.21. The van der Waals surface area contributed by atoms with Crippen LogP contribution >= 0.6 is 40.7 Å². The lowest BCUT2D eigenvalue weighted by Gasteiger charge is -2.35. The molecule has 1 aromatic rings. The Hall–Kier alpha value is -0.130. The third-order valence-corrected chi connectivity index (χ3v) is 3.84. The topological polar surface area (TPSA) is 28.2 Å². The van der Waals surface area contributed by atoms with Crippen LogP contribution in [0.25, 0.3) is 0 Å². The summed E-state index contributed by atoms with van der Waals surface area (Å²) < 4.78 is 0.897. The molecule has 0 saturated carbocycles. The summed E-state index contributed by atoms with van der Waals surface area (Å²) >= 11 is 3.39. The van der Waals surface area contributed by atoms with Gasteiger partial charge in [0.15, 0.2) is 0 Å². The number of pyridine rings is 1. The number of rotatable bonds is 5. The lowest BCUT2D eigenvalue weighted by Crippen LogP contribution is -2.45. The molecule has 1 aliphatic rings. The fraction of sp³-hybridized carbons (Fsp3) is 0.500. The van der Waals surface area contributed by atoms with Crippen LogP contribution in [-0.4, -0.2) is 36.1 Å². The largest absolute Gasteiger partial charge is 0.314 e. The van der Waals surface area contributed by atoms with Crippen molar-refractivity contribution in [1.82, 2.24) is 15.2 Å². The van der Waals surface area contributed by atoms with Crippen molar-refractivity contribution >= 4 is 40.7 Å². The lowest BCUT2D eigenvalue weighted by molar-refractivity contribution is 0.166. The van der Waals surface area contributed by atoms with Gasteiger partial charge < -0.3 is 5.32 Å². The van der Waals surface area contributed by atoms with Gasteiger partial charge in [0.25, 0.3) is 0 Å². The van der Waals surface area contributed by atoms with Crippen LogP contribution in [0.4, 0.5) is 0 Å². The molecule has 2 heterocycles. The number of aromatic nitrogens is 1. The molecule has 1 N–H and O–H groups in total. The molecule has 2 rings (SSSR count). The Kier molecular flexibility index (Phi) is 10.5. The molecule has 0 radical (unpaired) electrons. The number of piperazine rings is 1. The van der Waals surface area contributed by atoms with Crippen molar-refractivity contribution in [3.63, 3.8) is 0 Å². The first kappa shape index (κ1) is 19.9. The van der Waals surface area contributed by atoms with Gasteiger partial charge in [0, 0.05) is 38.4 Å². The minimum absolute atomic E-state index is 0. The van der Waals surface area contributed by atoms with Crippen LogP contribution < -0.4 is 5.32 Å². The van der Waals surface area contributed by atoms with Crippen molar-refractivity contribution < 1.29 is 0 Å². The summed E-state index contributed by atoms with van der Waals surface area (Å²) in [5.74, 6) is 0. The molecule has 1 atom stereocenters. The van der Waals surface area contributed by atoms with Crippen LogP contribution in [-0.2, 0) is 0 Å². The maximum Gasteiger partial charge on any atom is 0.106 e. The highest BCUT2D eigenvalue weighted by atomic mass is 79.9. The first-order valence-electron chi connectivity index (χ1n) is 6.48. The molecule has 6 heteroatoms. The Balaban J connectivity index is 0.00000180. The zero-order valence-corrected chi connectivity index (χ0v) is 14.6. The maximum absolute atomic E-state index is 4.35. The Morgan fingerprint density at radius 3 is 2.60 bits per heavy atom. The Bertz CT molecular complexity index is 381. The van der Waals surface area contributed by atoms with Gasteiger partial charge in [-0.1, -0.05) is 12.1 Å². The van der Waals surface area contributed by atoms with E-state index < -0.39 is 0 Å². The van der Waals surface area contributed by atoms with Gasteiger partial charge in [-0.15, -0.1) is 31.4 Å². The highest BCUT2D eigenvalue weighted by molar-refractivity contribution is 9.10. The van der Waals surface area contributed by atoms with Gasteiger partial charge in [-0.05, 0) is 40.4 Å². The van der Waals surface area contributed by atoms with Crippen molar-refractivity contribution in [2.45, 2.75) is 18.9 Å². The molecule has 114 valence electrons. The summed E-state index contributed by atoms with van der Waals surface area (Å²) in [6.45, 7) is 8.21. The quantitative estimate of drug-likeness (QED) is 0.622. The Morgan fingerprint density at radius 1 is 1.35 bits per heavy atom. The fourth-order valence-corrected chi connectivity index (χ4v) is 2.65. The second kappa shape index (κ2) is 10.6. The molecule has 0 aromatic carbocycles. The van der Waals surface area contributed by atoms with Crippen molar-refractivity contribution in [2.75, 3.05) is 26.2 Å². The molecule has 0 spiro atoms. The molecule has 1 aromatic heterocycles. The zero-order valence-electron chi connectivity index (χ0n) is 11.4. The summed E-state index contributed by atoms with van der Waals surface area (Å²) in [5, 5.41) is 3.40. The second-order valence-electron chi connectivity index (χ2n) is 4.58. The van der Waals surface area contributed by atoms with E-state index in [1.165, 1.54) is 5.56 Å². The summed E-state index contributed by atoms with van der Waals surface area (Å²) in [6, 6.07) is 4.66. The standard InChI is InChI=1S/C14H20BrN3.2ClH/c1-2-3-4-13(18-9-7-16-8-10-18)12-5-6-14(15)17-11-12;;/h2,5-6,11,13,16H,1,3-4,7-10H2;2*1H/t13-;;/m1../s1. The van der Waals surface area contributed by atoms with Gasteiger partial charge in [-0.25, -0.2) is 4.98 Å². The van der Waals surface area contributed by atoms with Crippen LogP contribution in [0, 0.1) is 0 Å². The maximum atomic E-state index is 4.35. The van der Waals surface area contributed by atoms with E-state index in [1.54, 1.807) is 0 Å². The Labute approximate surface area is 142 Å². The van der Waals surface area contributed by atoms with E-state index in [9.17, 15) is 0 Å². The van der Waals surface area contributed by atoms with Gasteiger partial charge in [0.1, 0.15) is 4.60 Å². The molecular weight excluding hydrogens is 361 g/mol. The van der Waals surface area contributed by atoms with E-state index >= 15 is 0 Å². The fourth-order valence-electron chi connectivity index (χ4n) is 2.41. The first-order chi connectivity index (χ1) is 8.81. The summed E-state index contributed by atoms with van der Waals surface area (Å²) in [6.07, 6.45) is 6.15. The zero-order chi connectivity index (χ0) is 12.8. The minimum Gasteiger partial charge on any atom is -0.314 e. The summed E-state index contributed by atoms with van der Waals surface area (Å²) in [4.78, 5) is 6.90. The molecule has 1 saturated heterocycles. The van der Waals surface area contributed by atoms with Gasteiger partial charge in [-0.3, -0.25) is 4.90 Å². The van der Waals surface area contributed by atoms with Crippen LogP contribution in [0.2, 0.25) is 0 Å². The average molecular weight is 383 g/mol. The number of nitrogens with zero attached hydrogens (tertiary/aromatic N) is 2. The number of halogens is 3. The second-order valence-corrected chi connectivity index (χ2v) is 5.39. The van der Waals surface area contributed by atoms with Gasteiger partial charge in [0.2, 0.25) is 0 Å².